The Labute approximate surface area is 122 Å². The smallest absolute Gasteiger partial charge is 0.221 e. The van der Waals surface area contributed by atoms with Gasteiger partial charge in [-0.25, -0.2) is 8.57 Å². The third-order valence-electron chi connectivity index (χ3n) is 2.02. The topological polar surface area (TPSA) is 43.4 Å². The van der Waals surface area contributed by atoms with Gasteiger partial charge in [-0.3, -0.25) is 0 Å². The molecule has 0 spiro atoms. The molecule has 3 nitrogen and oxygen atoms in total. The molecule has 0 saturated carbocycles. The van der Waals surface area contributed by atoms with E-state index in [1.165, 1.54) is 0 Å². The maximum atomic E-state index is 12.9. The third-order valence-corrected chi connectivity index (χ3v) is 3.33. The van der Waals surface area contributed by atoms with Gasteiger partial charge in [-0.1, -0.05) is 0 Å². The van der Waals surface area contributed by atoms with Crippen LogP contribution in [0.3, 0.4) is 0 Å². The molecule has 0 aromatic carbocycles. The summed E-state index contributed by atoms with van der Waals surface area (Å²) in [4.78, 5) is 0. The lowest BCUT2D eigenvalue weighted by molar-refractivity contribution is -0.383. The van der Waals surface area contributed by atoms with Crippen LogP contribution in [0.5, 0.6) is 0 Å². The molecule has 0 aliphatic carbocycles. The van der Waals surface area contributed by atoms with Crippen LogP contribution < -0.4 is 0 Å². The maximum absolute atomic E-state index is 12.9. The average molecular weight is 412 g/mol. The van der Waals surface area contributed by atoms with Gasteiger partial charge in [0.2, 0.25) is 5.83 Å². The van der Waals surface area contributed by atoms with Crippen molar-refractivity contribution in [1.82, 2.24) is 0 Å². The molecule has 0 aromatic heterocycles. The lowest BCUT2D eigenvalue weighted by atomic mass is 10.1. The highest BCUT2D eigenvalue weighted by Crippen LogP contribution is 2.55. The Hall–Kier alpha value is -1.26. The summed E-state index contributed by atoms with van der Waals surface area (Å²) in [6.07, 6.45) is -15.8. The molecule has 1 atom stereocenters. The second kappa shape index (κ2) is 6.23. The molecule has 0 saturated heterocycles. The van der Waals surface area contributed by atoms with E-state index < -0.39 is 51.7 Å². The predicted molar refractivity (Wildman–Crippen MR) is 46.1 cm³/mol. The Morgan fingerprint density at radius 1 is 0.792 bits per heavy atom. The van der Waals surface area contributed by atoms with Crippen LogP contribution in [0.2, 0.25) is 0 Å². The average Bonchev–Trinajstić information content (AvgIpc) is 2.34. The van der Waals surface area contributed by atoms with Crippen LogP contribution in [-0.2, 0) is 14.3 Å². The van der Waals surface area contributed by atoms with Gasteiger partial charge in [-0.05, 0) is 0 Å². The highest BCUT2D eigenvalue weighted by Gasteiger charge is 2.86. The molecule has 0 fully saturated rings. The molecule has 24 heavy (non-hydrogen) atoms. The van der Waals surface area contributed by atoms with Crippen LogP contribution >= 0.6 is 0 Å². The van der Waals surface area contributed by atoms with E-state index in [-0.39, 0.29) is 0 Å². The normalized spacial score (nSPS) is 16.0. The minimum absolute atomic E-state index is 2.18. The number of hydrogen-bond donors (Lipinski definition) is 0. The maximum Gasteiger partial charge on any atom is 0.460 e. The van der Waals surface area contributed by atoms with Crippen molar-refractivity contribution in [1.29, 1.82) is 0 Å². The van der Waals surface area contributed by atoms with Crippen molar-refractivity contribution in [3.05, 3.63) is 11.9 Å². The second-order valence-corrected chi connectivity index (χ2v) is 5.25. The van der Waals surface area contributed by atoms with Gasteiger partial charge in [-0.15, -0.1) is 0 Å². The number of rotatable bonds is 6. The summed E-state index contributed by atoms with van der Waals surface area (Å²) in [6, 6.07) is 0. The zero-order valence-corrected chi connectivity index (χ0v) is 10.9. The van der Waals surface area contributed by atoms with Crippen molar-refractivity contribution in [2.45, 2.75) is 29.6 Å². The Bertz CT molecular complexity index is 600. The number of hydrogen-bond acceptors (Lipinski definition) is 3. The molecular weight excluding hydrogens is 411 g/mol. The standard InChI is InChI=1S/C7HF13O3S/c8-1(2(9)10)3(11)23-24(21,22)7(19,20)5(14,15)4(12,13)6(16,17)18/h3H. The summed E-state index contributed by atoms with van der Waals surface area (Å²) in [5.41, 5.74) is 0. The van der Waals surface area contributed by atoms with Crippen molar-refractivity contribution in [3.8, 4) is 0 Å². The van der Waals surface area contributed by atoms with E-state index >= 15 is 0 Å². The van der Waals surface area contributed by atoms with Gasteiger partial charge < -0.3 is 0 Å². The summed E-state index contributed by atoms with van der Waals surface area (Å²) < 4.78 is 182. The minimum Gasteiger partial charge on any atom is -0.221 e. The van der Waals surface area contributed by atoms with Crippen molar-refractivity contribution >= 4 is 10.1 Å². The number of halogens is 13. The highest BCUT2D eigenvalue weighted by molar-refractivity contribution is 7.87. The first-order valence-corrected chi connectivity index (χ1v) is 6.12. The molecule has 144 valence electrons. The zero-order chi connectivity index (χ0) is 19.9. The van der Waals surface area contributed by atoms with Crippen LogP contribution in [0.4, 0.5) is 57.1 Å². The van der Waals surface area contributed by atoms with Crippen LogP contribution in [-0.4, -0.2) is 38.1 Å². The number of alkyl halides is 10. The SMILES string of the molecule is O=S(=O)(OC(F)C(F)=C(F)F)C(F)(F)C(F)(F)C(F)(F)C(F)(F)F. The molecule has 0 bridgehead atoms. The van der Waals surface area contributed by atoms with E-state index in [1.54, 1.807) is 0 Å². The van der Waals surface area contributed by atoms with Crippen molar-refractivity contribution in [2.75, 3.05) is 0 Å². The third kappa shape index (κ3) is 3.55. The Morgan fingerprint density at radius 3 is 1.46 bits per heavy atom. The molecule has 0 amide bonds. The molecule has 0 aliphatic heterocycles. The van der Waals surface area contributed by atoms with Crippen LogP contribution in [0, 0.1) is 0 Å². The fraction of sp³-hybridized carbons (Fsp3) is 0.714. The van der Waals surface area contributed by atoms with E-state index in [0.717, 1.165) is 0 Å². The minimum atomic E-state index is -7.78. The first-order valence-electron chi connectivity index (χ1n) is 4.71. The van der Waals surface area contributed by atoms with Gasteiger partial charge in [0.25, 0.3) is 6.36 Å². The molecule has 0 rings (SSSR count). The Kier molecular flexibility index (Phi) is 5.90. The highest BCUT2D eigenvalue weighted by atomic mass is 32.2. The summed E-state index contributed by atoms with van der Waals surface area (Å²) >= 11 is 0. The molecule has 0 aromatic rings. The van der Waals surface area contributed by atoms with Crippen molar-refractivity contribution in [2.24, 2.45) is 0 Å². The largest absolute Gasteiger partial charge is 0.460 e. The van der Waals surface area contributed by atoms with Crippen LogP contribution in [0.1, 0.15) is 0 Å². The molecule has 1 unspecified atom stereocenters. The second-order valence-electron chi connectivity index (χ2n) is 3.64. The molecule has 0 radical (unpaired) electrons. The summed E-state index contributed by atoms with van der Waals surface area (Å²) in [6.45, 7) is 0. The molecular formula is C7HF13O3S. The van der Waals surface area contributed by atoms with Crippen molar-refractivity contribution < 1.29 is 69.7 Å². The van der Waals surface area contributed by atoms with E-state index in [9.17, 15) is 65.5 Å². The van der Waals surface area contributed by atoms with Gasteiger partial charge in [0.05, 0.1) is 0 Å². The molecule has 17 heteroatoms. The quantitative estimate of drug-likeness (QED) is 0.487. The lowest BCUT2D eigenvalue weighted by Gasteiger charge is -2.32. The predicted octanol–water partition coefficient (Wildman–Crippen LogP) is 4.13. The fourth-order valence-corrected chi connectivity index (χ4v) is 1.69. The first-order chi connectivity index (χ1) is 10.2. The Morgan fingerprint density at radius 2 is 1.17 bits per heavy atom. The van der Waals surface area contributed by atoms with Gasteiger partial charge >= 0.3 is 39.5 Å². The van der Waals surface area contributed by atoms with Crippen molar-refractivity contribution in [3.63, 3.8) is 0 Å². The van der Waals surface area contributed by atoms with E-state index in [2.05, 4.69) is 4.18 Å². The Balaban J connectivity index is 6.01. The van der Waals surface area contributed by atoms with Crippen LogP contribution in [0.15, 0.2) is 11.9 Å². The summed E-state index contributed by atoms with van der Waals surface area (Å²) in [5.74, 6) is -19.0. The van der Waals surface area contributed by atoms with E-state index in [1.807, 2.05) is 0 Å². The monoisotopic (exact) mass is 412 g/mol. The van der Waals surface area contributed by atoms with Gasteiger partial charge in [0.15, 0.2) is 0 Å². The fourth-order valence-electron chi connectivity index (χ4n) is 0.817. The van der Waals surface area contributed by atoms with Gasteiger partial charge in [0, 0.05) is 0 Å². The molecule has 0 N–H and O–H groups in total. The first kappa shape index (κ1) is 22.7. The zero-order valence-electron chi connectivity index (χ0n) is 10.1. The van der Waals surface area contributed by atoms with Crippen LogP contribution in [0.25, 0.3) is 0 Å². The summed E-state index contributed by atoms with van der Waals surface area (Å²) in [5, 5.41) is -7.49. The molecule has 0 aliphatic rings. The molecule has 0 heterocycles. The van der Waals surface area contributed by atoms with Gasteiger partial charge in [-0.2, -0.15) is 61.1 Å². The van der Waals surface area contributed by atoms with E-state index in [4.69, 9.17) is 0 Å². The lowest BCUT2D eigenvalue weighted by Crippen LogP contribution is -2.63. The summed E-state index contributed by atoms with van der Waals surface area (Å²) in [7, 11) is -7.78. The van der Waals surface area contributed by atoms with Gasteiger partial charge in [0.1, 0.15) is 0 Å². The van der Waals surface area contributed by atoms with E-state index in [0.29, 0.717) is 0 Å².